The predicted molar refractivity (Wildman–Crippen MR) is 83.5 cm³/mol. The van der Waals surface area contributed by atoms with Crippen molar-refractivity contribution in [2.24, 2.45) is 0 Å². The highest BCUT2D eigenvalue weighted by atomic mass is 16.1. The van der Waals surface area contributed by atoms with E-state index >= 15 is 0 Å². The monoisotopic (exact) mass is 263 g/mol. The van der Waals surface area contributed by atoms with Crippen LogP contribution in [0.3, 0.4) is 0 Å². The molecule has 0 aliphatic rings. The molecule has 1 atom stereocenters. The Morgan fingerprint density at radius 2 is 1.79 bits per heavy atom. The molecule has 19 heavy (non-hydrogen) atoms. The molecule has 2 heteroatoms. The maximum atomic E-state index is 11.5. The van der Waals surface area contributed by atoms with Crippen molar-refractivity contribution >= 4 is 5.78 Å². The van der Waals surface area contributed by atoms with Crippen LogP contribution in [0.15, 0.2) is 30.3 Å². The number of likely N-dealkylation sites (N-methyl/N-ethyl adjacent to an activating group) is 1. The predicted octanol–water partition coefficient (Wildman–Crippen LogP) is 3.94. The van der Waals surface area contributed by atoms with E-state index in [2.05, 4.69) is 36.1 Å². The number of benzene rings is 1. The molecule has 0 N–H and O–H groups in total. The summed E-state index contributed by atoms with van der Waals surface area (Å²) in [6.07, 6.45) is 3.08. The molecule has 0 amide bonds. The first kappa shape index (κ1) is 17.8. The van der Waals surface area contributed by atoms with Gasteiger partial charge in [-0.1, -0.05) is 51.1 Å². The van der Waals surface area contributed by atoms with Gasteiger partial charge in [-0.15, -0.1) is 0 Å². The van der Waals surface area contributed by atoms with E-state index in [0.717, 1.165) is 25.8 Å². The van der Waals surface area contributed by atoms with E-state index in [1.54, 1.807) is 6.92 Å². The zero-order chi connectivity index (χ0) is 14.7. The van der Waals surface area contributed by atoms with Crippen molar-refractivity contribution in [3.05, 3.63) is 35.9 Å². The summed E-state index contributed by atoms with van der Waals surface area (Å²) in [6, 6.07) is 10.5. The summed E-state index contributed by atoms with van der Waals surface area (Å²) in [6.45, 7) is 8.71. The van der Waals surface area contributed by atoms with Gasteiger partial charge in [0.2, 0.25) is 0 Å². The molecule has 0 saturated heterocycles. The summed E-state index contributed by atoms with van der Waals surface area (Å²) in [5, 5.41) is 0. The van der Waals surface area contributed by atoms with Crippen LogP contribution in [0.1, 0.15) is 46.1 Å². The fraction of sp³-hybridized carbons (Fsp3) is 0.588. The van der Waals surface area contributed by atoms with Crippen LogP contribution in [-0.4, -0.2) is 30.3 Å². The molecule has 0 unspecified atom stereocenters. The average molecular weight is 263 g/mol. The van der Waals surface area contributed by atoms with Crippen molar-refractivity contribution in [3.63, 3.8) is 0 Å². The lowest BCUT2D eigenvalue weighted by Crippen LogP contribution is -2.37. The van der Waals surface area contributed by atoms with Crippen molar-refractivity contribution in [1.82, 2.24) is 4.90 Å². The van der Waals surface area contributed by atoms with Crippen LogP contribution in [0.5, 0.6) is 0 Å². The summed E-state index contributed by atoms with van der Waals surface area (Å²) >= 11 is 0. The topological polar surface area (TPSA) is 20.3 Å². The Bertz CT molecular complexity index is 334. The van der Waals surface area contributed by atoms with Gasteiger partial charge < -0.3 is 0 Å². The second-order valence-electron chi connectivity index (χ2n) is 4.58. The third-order valence-electron chi connectivity index (χ3n) is 3.29. The molecule has 0 aliphatic heterocycles. The first-order valence-electron chi connectivity index (χ1n) is 7.39. The number of hydrogen-bond acceptors (Lipinski definition) is 2. The molecular weight excluding hydrogens is 234 g/mol. The van der Waals surface area contributed by atoms with Gasteiger partial charge in [-0.2, -0.15) is 0 Å². The smallest absolute Gasteiger partial charge is 0.146 e. The minimum atomic E-state index is 0.0868. The van der Waals surface area contributed by atoms with Crippen LogP contribution in [0.25, 0.3) is 0 Å². The first-order valence-corrected chi connectivity index (χ1v) is 7.39. The summed E-state index contributed by atoms with van der Waals surface area (Å²) in [5.74, 6) is 0.280. The lowest BCUT2D eigenvalue weighted by atomic mass is 10.0. The number of ketones is 1. The minimum absolute atomic E-state index is 0.0868. The van der Waals surface area contributed by atoms with Crippen LogP contribution >= 0.6 is 0 Å². The number of aryl methyl sites for hydroxylation is 1. The summed E-state index contributed by atoms with van der Waals surface area (Å²) in [4.78, 5) is 13.7. The quantitative estimate of drug-likeness (QED) is 0.742. The van der Waals surface area contributed by atoms with E-state index in [9.17, 15) is 4.79 Å². The Morgan fingerprint density at radius 3 is 2.26 bits per heavy atom. The molecule has 1 aromatic rings. The van der Waals surface area contributed by atoms with E-state index < -0.39 is 0 Å². The Hall–Kier alpha value is -1.15. The highest BCUT2D eigenvalue weighted by Gasteiger charge is 2.17. The van der Waals surface area contributed by atoms with E-state index in [1.807, 2.05) is 27.0 Å². The first-order chi connectivity index (χ1) is 9.15. The molecule has 0 bridgehead atoms. The highest BCUT2D eigenvalue weighted by molar-refractivity contribution is 5.81. The molecule has 0 radical (unpaired) electrons. The van der Waals surface area contributed by atoms with Gasteiger partial charge in [-0.25, -0.2) is 0 Å². The average Bonchev–Trinajstić information content (AvgIpc) is 2.45. The third-order valence-corrected chi connectivity index (χ3v) is 3.29. The maximum absolute atomic E-state index is 11.5. The minimum Gasteiger partial charge on any atom is -0.298 e. The van der Waals surface area contributed by atoms with Crippen molar-refractivity contribution < 1.29 is 4.79 Å². The van der Waals surface area contributed by atoms with Crippen molar-refractivity contribution in [2.45, 2.75) is 53.0 Å². The van der Waals surface area contributed by atoms with Crippen LogP contribution in [0.2, 0.25) is 0 Å². The Labute approximate surface area is 118 Å². The number of Topliss-reactive ketones (excluding diaryl/α,β-unsaturated/α-hetero) is 1. The van der Waals surface area contributed by atoms with Gasteiger partial charge in [-0.3, -0.25) is 9.69 Å². The highest BCUT2D eigenvalue weighted by Crippen LogP contribution is 2.10. The maximum Gasteiger partial charge on any atom is 0.146 e. The van der Waals surface area contributed by atoms with Crippen molar-refractivity contribution in [3.8, 4) is 0 Å². The normalized spacial score (nSPS) is 11.7. The second-order valence-corrected chi connectivity index (χ2v) is 4.58. The van der Waals surface area contributed by atoms with Crippen LogP contribution in [-0.2, 0) is 11.2 Å². The van der Waals surface area contributed by atoms with Gasteiger partial charge in [0.25, 0.3) is 0 Å². The number of nitrogens with zero attached hydrogens (tertiary/aromatic N) is 1. The molecule has 0 spiro atoms. The van der Waals surface area contributed by atoms with Gasteiger partial charge >= 0.3 is 0 Å². The molecular formula is C17H29NO. The molecule has 0 fully saturated rings. The second kappa shape index (κ2) is 10.7. The SMILES string of the molecule is CC.CCN(C)[C@@H](CCCc1ccccc1)C(C)=O. The molecule has 1 aromatic carbocycles. The number of hydrogen-bond donors (Lipinski definition) is 0. The van der Waals surface area contributed by atoms with Gasteiger partial charge in [-0.05, 0) is 45.3 Å². The van der Waals surface area contributed by atoms with Gasteiger partial charge in [0.15, 0.2) is 0 Å². The lowest BCUT2D eigenvalue weighted by molar-refractivity contribution is -0.121. The fourth-order valence-electron chi connectivity index (χ4n) is 2.10. The molecule has 108 valence electrons. The van der Waals surface area contributed by atoms with E-state index in [-0.39, 0.29) is 11.8 Å². The molecule has 0 saturated carbocycles. The lowest BCUT2D eigenvalue weighted by Gasteiger charge is -2.24. The van der Waals surface area contributed by atoms with Crippen LogP contribution < -0.4 is 0 Å². The molecule has 2 nitrogen and oxygen atoms in total. The zero-order valence-electron chi connectivity index (χ0n) is 13.1. The molecule has 0 heterocycles. The standard InChI is InChI=1S/C15H23NO.C2H6/c1-4-16(3)15(13(2)17)12-8-11-14-9-6-5-7-10-14;1-2/h5-7,9-10,15H,4,8,11-12H2,1-3H3;1-2H3/t15-;/m0./s1. The van der Waals surface area contributed by atoms with Crippen molar-refractivity contribution in [2.75, 3.05) is 13.6 Å². The number of carbonyl (C=O) groups is 1. The van der Waals surface area contributed by atoms with Gasteiger partial charge in [0.05, 0.1) is 6.04 Å². The summed E-state index contributed by atoms with van der Waals surface area (Å²) < 4.78 is 0. The van der Waals surface area contributed by atoms with Crippen LogP contribution in [0.4, 0.5) is 0 Å². The fourth-order valence-corrected chi connectivity index (χ4v) is 2.10. The summed E-state index contributed by atoms with van der Waals surface area (Å²) in [5.41, 5.74) is 1.36. The van der Waals surface area contributed by atoms with E-state index in [1.165, 1.54) is 5.56 Å². The molecule has 1 rings (SSSR count). The van der Waals surface area contributed by atoms with Gasteiger partial charge in [0, 0.05) is 0 Å². The Balaban J connectivity index is 0.00000154. The summed E-state index contributed by atoms with van der Waals surface area (Å²) in [7, 11) is 2.02. The number of carbonyl (C=O) groups excluding carboxylic acids is 1. The number of rotatable bonds is 7. The van der Waals surface area contributed by atoms with Crippen molar-refractivity contribution in [1.29, 1.82) is 0 Å². The molecule has 0 aromatic heterocycles. The van der Waals surface area contributed by atoms with Crippen LogP contribution in [0, 0.1) is 0 Å². The Morgan fingerprint density at radius 1 is 1.21 bits per heavy atom. The third kappa shape index (κ3) is 7.12. The molecule has 0 aliphatic carbocycles. The van der Waals surface area contributed by atoms with Gasteiger partial charge in [0.1, 0.15) is 5.78 Å². The Kier molecular flexibility index (Phi) is 10.1. The van der Waals surface area contributed by atoms with E-state index in [0.29, 0.717) is 0 Å². The van der Waals surface area contributed by atoms with E-state index in [4.69, 9.17) is 0 Å². The zero-order valence-corrected chi connectivity index (χ0v) is 13.1. The largest absolute Gasteiger partial charge is 0.298 e.